The van der Waals surface area contributed by atoms with Crippen molar-refractivity contribution in [1.82, 2.24) is 9.78 Å². The van der Waals surface area contributed by atoms with Gasteiger partial charge in [0.2, 0.25) is 0 Å². The van der Waals surface area contributed by atoms with Crippen LogP contribution in [0.25, 0.3) is 0 Å². The van der Waals surface area contributed by atoms with Crippen LogP contribution in [0.1, 0.15) is 23.1 Å². The highest BCUT2D eigenvalue weighted by molar-refractivity contribution is 6.03. The van der Waals surface area contributed by atoms with E-state index in [9.17, 15) is 4.79 Å². The summed E-state index contributed by atoms with van der Waals surface area (Å²) in [5, 5.41) is 15.5. The molecule has 1 amide bonds. The maximum atomic E-state index is 12.2. The van der Waals surface area contributed by atoms with Gasteiger partial charge in [-0.15, -0.1) is 0 Å². The van der Waals surface area contributed by atoms with Crippen LogP contribution in [-0.4, -0.2) is 22.3 Å². The van der Waals surface area contributed by atoms with Gasteiger partial charge in [-0.05, 0) is 44.2 Å². The normalized spacial score (nSPS) is 9.95. The van der Waals surface area contributed by atoms with Crippen LogP contribution in [0.5, 0.6) is 5.75 Å². The fourth-order valence-corrected chi connectivity index (χ4v) is 1.91. The molecule has 0 aliphatic heterocycles. The molecule has 108 valence electrons. The van der Waals surface area contributed by atoms with Crippen LogP contribution in [0.3, 0.4) is 0 Å². The minimum Gasteiger partial charge on any atom is -0.479 e. The molecule has 0 bridgehead atoms. The Morgan fingerprint density at radius 3 is 2.76 bits per heavy atom. The molecule has 0 aliphatic carbocycles. The van der Waals surface area contributed by atoms with Gasteiger partial charge in [-0.3, -0.25) is 9.48 Å². The largest absolute Gasteiger partial charge is 0.479 e. The molecule has 0 saturated carbocycles. The number of amides is 1. The average molecular weight is 284 g/mol. The lowest BCUT2D eigenvalue weighted by Crippen LogP contribution is -2.17. The number of nitrogens with zero attached hydrogens (tertiary/aromatic N) is 3. The van der Waals surface area contributed by atoms with Crippen LogP contribution in [0.15, 0.2) is 30.3 Å². The first kappa shape index (κ1) is 14.6. The fraction of sp³-hybridized carbons (Fsp3) is 0.267. The predicted molar refractivity (Wildman–Crippen MR) is 78.1 cm³/mol. The Morgan fingerprint density at radius 2 is 2.14 bits per heavy atom. The SMILES string of the molecule is CCn1nc(C)cc1C(=O)Nc1ccc(OCC#N)cc1. The number of carbonyl (C=O) groups excluding carboxylic acids is 1. The summed E-state index contributed by atoms with van der Waals surface area (Å²) in [4.78, 5) is 12.2. The summed E-state index contributed by atoms with van der Waals surface area (Å²) in [6, 6.07) is 10.5. The molecule has 1 N–H and O–H groups in total. The van der Waals surface area contributed by atoms with Crippen LogP contribution < -0.4 is 10.1 Å². The van der Waals surface area contributed by atoms with Crippen LogP contribution in [-0.2, 0) is 6.54 Å². The molecule has 0 spiro atoms. The van der Waals surface area contributed by atoms with Gasteiger partial charge < -0.3 is 10.1 Å². The highest BCUT2D eigenvalue weighted by atomic mass is 16.5. The predicted octanol–water partition coefficient (Wildman–Crippen LogP) is 2.37. The van der Waals surface area contributed by atoms with Crippen molar-refractivity contribution in [2.75, 3.05) is 11.9 Å². The number of benzene rings is 1. The molecular formula is C15H16N4O2. The van der Waals surface area contributed by atoms with E-state index >= 15 is 0 Å². The van der Waals surface area contributed by atoms with Crippen LogP contribution >= 0.6 is 0 Å². The Kier molecular flexibility index (Phi) is 4.57. The number of aryl methyl sites for hydroxylation is 2. The second-order valence-corrected chi connectivity index (χ2v) is 4.41. The lowest BCUT2D eigenvalue weighted by atomic mass is 10.3. The molecule has 1 aromatic heterocycles. The first-order valence-corrected chi connectivity index (χ1v) is 6.59. The molecule has 0 aliphatic rings. The molecule has 21 heavy (non-hydrogen) atoms. The molecule has 2 rings (SSSR count). The molecule has 0 radical (unpaired) electrons. The molecule has 0 saturated heterocycles. The molecule has 0 fully saturated rings. The molecule has 0 unspecified atom stereocenters. The van der Waals surface area contributed by atoms with Crippen molar-refractivity contribution < 1.29 is 9.53 Å². The summed E-state index contributed by atoms with van der Waals surface area (Å²) in [5.74, 6) is 0.382. The second kappa shape index (κ2) is 6.57. The van der Waals surface area contributed by atoms with E-state index in [4.69, 9.17) is 10.00 Å². The van der Waals surface area contributed by atoms with Gasteiger partial charge in [-0.1, -0.05) is 0 Å². The summed E-state index contributed by atoms with van der Waals surface area (Å²) in [7, 11) is 0. The summed E-state index contributed by atoms with van der Waals surface area (Å²) < 4.78 is 6.81. The van der Waals surface area contributed by atoms with Gasteiger partial charge in [-0.25, -0.2) is 0 Å². The zero-order valence-electron chi connectivity index (χ0n) is 12.0. The Morgan fingerprint density at radius 1 is 1.43 bits per heavy atom. The Balaban J connectivity index is 2.07. The first-order valence-electron chi connectivity index (χ1n) is 6.59. The fourth-order valence-electron chi connectivity index (χ4n) is 1.91. The number of nitrogens with one attached hydrogen (secondary N) is 1. The monoisotopic (exact) mass is 284 g/mol. The third-order valence-corrected chi connectivity index (χ3v) is 2.85. The highest BCUT2D eigenvalue weighted by Gasteiger charge is 2.13. The minimum absolute atomic E-state index is 0.000662. The average Bonchev–Trinajstić information content (AvgIpc) is 2.88. The maximum absolute atomic E-state index is 12.2. The number of nitriles is 1. The lowest BCUT2D eigenvalue weighted by molar-refractivity contribution is 0.101. The zero-order chi connectivity index (χ0) is 15.2. The smallest absolute Gasteiger partial charge is 0.273 e. The summed E-state index contributed by atoms with van der Waals surface area (Å²) in [6.45, 7) is 4.42. The number of anilines is 1. The van der Waals surface area contributed by atoms with Crippen molar-refractivity contribution in [2.45, 2.75) is 20.4 Å². The Bertz CT molecular complexity index is 668. The third kappa shape index (κ3) is 3.60. The van der Waals surface area contributed by atoms with E-state index in [0.29, 0.717) is 23.7 Å². The summed E-state index contributed by atoms with van der Waals surface area (Å²) in [5.41, 5.74) is 1.99. The van der Waals surface area contributed by atoms with Crippen LogP contribution in [0.4, 0.5) is 5.69 Å². The van der Waals surface area contributed by atoms with Gasteiger partial charge >= 0.3 is 0 Å². The highest BCUT2D eigenvalue weighted by Crippen LogP contribution is 2.16. The van der Waals surface area contributed by atoms with Crippen molar-refractivity contribution in [3.05, 3.63) is 41.7 Å². The molecule has 0 atom stereocenters. The molecule has 6 heteroatoms. The van der Waals surface area contributed by atoms with Gasteiger partial charge in [0, 0.05) is 12.2 Å². The second-order valence-electron chi connectivity index (χ2n) is 4.41. The van der Waals surface area contributed by atoms with E-state index in [1.165, 1.54) is 0 Å². The third-order valence-electron chi connectivity index (χ3n) is 2.85. The minimum atomic E-state index is -0.205. The first-order chi connectivity index (χ1) is 10.1. The van der Waals surface area contributed by atoms with E-state index in [-0.39, 0.29) is 12.5 Å². The van der Waals surface area contributed by atoms with E-state index in [1.54, 1.807) is 35.0 Å². The Labute approximate surface area is 123 Å². The van der Waals surface area contributed by atoms with Gasteiger partial charge in [0.25, 0.3) is 5.91 Å². The topological polar surface area (TPSA) is 79.9 Å². The van der Waals surface area contributed by atoms with Crippen LogP contribution in [0, 0.1) is 18.3 Å². The van der Waals surface area contributed by atoms with E-state index in [2.05, 4.69) is 10.4 Å². The van der Waals surface area contributed by atoms with Gasteiger partial charge in [0.15, 0.2) is 6.61 Å². The van der Waals surface area contributed by atoms with Gasteiger partial charge in [0.1, 0.15) is 17.5 Å². The number of aromatic nitrogens is 2. The van der Waals surface area contributed by atoms with Crippen molar-refractivity contribution in [3.8, 4) is 11.8 Å². The standard InChI is InChI=1S/C15H16N4O2/c1-3-19-14(10-11(2)18-19)15(20)17-12-4-6-13(7-5-12)21-9-8-16/h4-7,10H,3,9H2,1-2H3,(H,17,20). The quantitative estimate of drug-likeness (QED) is 0.914. The number of ether oxygens (including phenoxy) is 1. The van der Waals surface area contributed by atoms with Gasteiger partial charge in [-0.2, -0.15) is 10.4 Å². The summed E-state index contributed by atoms with van der Waals surface area (Å²) >= 11 is 0. The molecule has 1 aromatic carbocycles. The van der Waals surface area contributed by atoms with Crippen molar-refractivity contribution in [1.29, 1.82) is 5.26 Å². The van der Waals surface area contributed by atoms with Gasteiger partial charge in [0.05, 0.1) is 5.69 Å². The van der Waals surface area contributed by atoms with E-state index in [0.717, 1.165) is 5.69 Å². The lowest BCUT2D eigenvalue weighted by Gasteiger charge is -2.07. The van der Waals surface area contributed by atoms with E-state index < -0.39 is 0 Å². The number of hydrogen-bond acceptors (Lipinski definition) is 4. The van der Waals surface area contributed by atoms with Crippen molar-refractivity contribution >= 4 is 11.6 Å². The van der Waals surface area contributed by atoms with Crippen LogP contribution in [0.2, 0.25) is 0 Å². The zero-order valence-corrected chi connectivity index (χ0v) is 12.0. The molecular weight excluding hydrogens is 268 g/mol. The molecule has 2 aromatic rings. The summed E-state index contributed by atoms with van der Waals surface area (Å²) in [6.07, 6.45) is 0. The number of hydrogen-bond donors (Lipinski definition) is 1. The van der Waals surface area contributed by atoms with E-state index in [1.807, 2.05) is 19.9 Å². The van der Waals surface area contributed by atoms with Crippen molar-refractivity contribution in [2.24, 2.45) is 0 Å². The maximum Gasteiger partial charge on any atom is 0.273 e. The number of carbonyl (C=O) groups is 1. The molecule has 1 heterocycles. The Hall–Kier alpha value is -2.81. The van der Waals surface area contributed by atoms with Crippen molar-refractivity contribution in [3.63, 3.8) is 0 Å². The number of rotatable bonds is 5. The molecule has 6 nitrogen and oxygen atoms in total.